The molecule has 0 radical (unpaired) electrons. The van der Waals surface area contributed by atoms with Gasteiger partial charge in [0, 0.05) is 31.7 Å². The van der Waals surface area contributed by atoms with E-state index in [4.69, 9.17) is 4.74 Å². The molecule has 0 bridgehead atoms. The Morgan fingerprint density at radius 2 is 1.97 bits per heavy atom. The van der Waals surface area contributed by atoms with Crippen molar-refractivity contribution in [2.24, 2.45) is 0 Å². The monoisotopic (exact) mass is 435 g/mol. The standard InChI is InChI=1S/C20H26FN5O3S/c1-20(2,3)29-19(28)26-10-8-15(9-11-26)25(4)18(27)22-17-24-23-16(30-17)13-6-5-7-14(21)12-13/h5-7,12,15H,8-11H2,1-4H3,(H,22,24,27). The number of benzene rings is 1. The Bertz CT molecular complexity index is 906. The van der Waals surface area contributed by atoms with Crippen LogP contribution in [0, 0.1) is 5.82 Å². The Balaban J connectivity index is 1.53. The van der Waals surface area contributed by atoms with E-state index in [0.717, 1.165) is 0 Å². The van der Waals surface area contributed by atoms with Crippen molar-refractivity contribution in [3.8, 4) is 10.6 Å². The van der Waals surface area contributed by atoms with Crippen LogP contribution in [0.4, 0.5) is 19.1 Å². The molecule has 1 aromatic heterocycles. The molecule has 0 unspecified atom stereocenters. The number of piperidine rings is 1. The van der Waals surface area contributed by atoms with E-state index in [2.05, 4.69) is 15.5 Å². The van der Waals surface area contributed by atoms with Gasteiger partial charge in [0.15, 0.2) is 0 Å². The maximum atomic E-state index is 13.4. The molecule has 1 N–H and O–H groups in total. The number of ether oxygens (including phenoxy) is 1. The summed E-state index contributed by atoms with van der Waals surface area (Å²) >= 11 is 1.18. The number of anilines is 1. The van der Waals surface area contributed by atoms with Crippen LogP contribution in [0.1, 0.15) is 33.6 Å². The molecule has 0 spiro atoms. The van der Waals surface area contributed by atoms with Crippen molar-refractivity contribution in [1.29, 1.82) is 0 Å². The summed E-state index contributed by atoms with van der Waals surface area (Å²) in [6.45, 7) is 6.56. The topological polar surface area (TPSA) is 87.7 Å². The number of nitrogens with zero attached hydrogens (tertiary/aromatic N) is 4. The van der Waals surface area contributed by atoms with E-state index in [9.17, 15) is 14.0 Å². The second kappa shape index (κ2) is 8.95. The first kappa shape index (κ1) is 21.9. The number of amides is 3. The number of nitrogens with one attached hydrogen (secondary N) is 1. The maximum absolute atomic E-state index is 13.4. The summed E-state index contributed by atoms with van der Waals surface area (Å²) in [5.41, 5.74) is 0.0763. The smallest absolute Gasteiger partial charge is 0.410 e. The highest BCUT2D eigenvalue weighted by atomic mass is 32.1. The van der Waals surface area contributed by atoms with Crippen molar-refractivity contribution in [2.75, 3.05) is 25.5 Å². The molecule has 10 heteroatoms. The van der Waals surface area contributed by atoms with E-state index in [1.165, 1.54) is 23.5 Å². The quantitative estimate of drug-likeness (QED) is 0.780. The Morgan fingerprint density at radius 1 is 1.27 bits per heavy atom. The molecular formula is C20H26FN5O3S. The molecule has 2 aromatic rings. The Kier molecular flexibility index (Phi) is 6.55. The minimum absolute atomic E-state index is 0.000650. The lowest BCUT2D eigenvalue weighted by Crippen LogP contribution is -2.49. The van der Waals surface area contributed by atoms with Gasteiger partial charge in [0.2, 0.25) is 5.13 Å². The van der Waals surface area contributed by atoms with Crippen LogP contribution in [-0.4, -0.2) is 63.9 Å². The van der Waals surface area contributed by atoms with Crippen molar-refractivity contribution >= 4 is 28.6 Å². The highest BCUT2D eigenvalue weighted by molar-refractivity contribution is 7.18. The lowest BCUT2D eigenvalue weighted by molar-refractivity contribution is 0.0174. The first-order chi connectivity index (χ1) is 14.1. The van der Waals surface area contributed by atoms with Gasteiger partial charge in [0.1, 0.15) is 16.4 Å². The molecule has 1 aliphatic heterocycles. The molecule has 1 aliphatic rings. The van der Waals surface area contributed by atoms with E-state index < -0.39 is 5.60 Å². The van der Waals surface area contributed by atoms with Crippen LogP contribution in [0.5, 0.6) is 0 Å². The zero-order valence-electron chi connectivity index (χ0n) is 17.5. The van der Waals surface area contributed by atoms with Gasteiger partial charge in [-0.3, -0.25) is 5.32 Å². The third-order valence-electron chi connectivity index (χ3n) is 4.69. The molecule has 3 amide bonds. The molecule has 3 rings (SSSR count). The third kappa shape index (κ3) is 5.65. The molecule has 1 saturated heterocycles. The minimum Gasteiger partial charge on any atom is -0.444 e. The van der Waals surface area contributed by atoms with E-state index in [1.54, 1.807) is 29.0 Å². The summed E-state index contributed by atoms with van der Waals surface area (Å²) < 4.78 is 18.8. The first-order valence-electron chi connectivity index (χ1n) is 9.73. The Hall–Kier alpha value is -2.75. The number of halogens is 1. The number of urea groups is 1. The molecule has 8 nitrogen and oxygen atoms in total. The van der Waals surface area contributed by atoms with Gasteiger partial charge in [-0.2, -0.15) is 0 Å². The number of rotatable bonds is 3. The van der Waals surface area contributed by atoms with Crippen molar-refractivity contribution in [1.82, 2.24) is 20.0 Å². The Labute approximate surface area is 179 Å². The van der Waals surface area contributed by atoms with E-state index >= 15 is 0 Å². The fourth-order valence-corrected chi connectivity index (χ4v) is 3.85. The molecule has 1 fully saturated rings. The molecule has 0 saturated carbocycles. The highest BCUT2D eigenvalue weighted by Gasteiger charge is 2.30. The van der Waals surface area contributed by atoms with Gasteiger partial charge in [-0.25, -0.2) is 14.0 Å². The Morgan fingerprint density at radius 3 is 2.60 bits per heavy atom. The van der Waals surface area contributed by atoms with Gasteiger partial charge in [0.25, 0.3) is 0 Å². The summed E-state index contributed by atoms with van der Waals surface area (Å²) in [6, 6.07) is 5.76. The number of hydrogen-bond acceptors (Lipinski definition) is 6. The summed E-state index contributed by atoms with van der Waals surface area (Å²) in [5, 5.41) is 11.6. The van der Waals surface area contributed by atoms with Gasteiger partial charge < -0.3 is 14.5 Å². The van der Waals surface area contributed by atoms with Crippen LogP contribution < -0.4 is 5.32 Å². The predicted molar refractivity (Wildman–Crippen MR) is 113 cm³/mol. The normalized spacial score (nSPS) is 15.0. The molecule has 162 valence electrons. The van der Waals surface area contributed by atoms with Crippen molar-refractivity contribution in [3.05, 3.63) is 30.1 Å². The second-order valence-electron chi connectivity index (χ2n) is 8.16. The SMILES string of the molecule is CN(C(=O)Nc1nnc(-c2cccc(F)c2)s1)C1CCN(C(=O)OC(C)(C)C)CC1. The van der Waals surface area contributed by atoms with Crippen LogP contribution in [0.2, 0.25) is 0 Å². The molecule has 1 aromatic carbocycles. The zero-order chi connectivity index (χ0) is 21.9. The third-order valence-corrected chi connectivity index (χ3v) is 5.58. The average molecular weight is 436 g/mol. The largest absolute Gasteiger partial charge is 0.444 e. The predicted octanol–water partition coefficient (Wildman–Crippen LogP) is 4.21. The van der Waals surface area contributed by atoms with Gasteiger partial charge in [-0.15, -0.1) is 10.2 Å². The lowest BCUT2D eigenvalue weighted by atomic mass is 10.0. The van der Waals surface area contributed by atoms with Gasteiger partial charge in [-0.1, -0.05) is 23.5 Å². The van der Waals surface area contributed by atoms with Gasteiger partial charge in [-0.05, 0) is 45.7 Å². The van der Waals surface area contributed by atoms with E-state index in [0.29, 0.717) is 41.6 Å². The molecule has 0 atom stereocenters. The number of aromatic nitrogens is 2. The second-order valence-corrected chi connectivity index (χ2v) is 9.14. The summed E-state index contributed by atoms with van der Waals surface area (Å²) in [5.74, 6) is -0.356. The molecule has 30 heavy (non-hydrogen) atoms. The lowest BCUT2D eigenvalue weighted by Gasteiger charge is -2.37. The first-order valence-corrected chi connectivity index (χ1v) is 10.6. The number of hydrogen-bond donors (Lipinski definition) is 1. The summed E-state index contributed by atoms with van der Waals surface area (Å²) in [7, 11) is 1.72. The molecule has 0 aliphatic carbocycles. The van der Waals surface area contributed by atoms with Crippen LogP contribution in [0.3, 0.4) is 0 Å². The van der Waals surface area contributed by atoms with Crippen LogP contribution in [0.15, 0.2) is 24.3 Å². The number of likely N-dealkylation sites (tertiary alicyclic amines) is 1. The average Bonchev–Trinajstić information content (AvgIpc) is 3.14. The van der Waals surface area contributed by atoms with Crippen molar-refractivity contribution in [2.45, 2.75) is 45.3 Å². The van der Waals surface area contributed by atoms with Gasteiger partial charge in [0.05, 0.1) is 0 Å². The minimum atomic E-state index is -0.531. The maximum Gasteiger partial charge on any atom is 0.410 e. The fourth-order valence-electron chi connectivity index (χ4n) is 3.12. The van der Waals surface area contributed by atoms with Crippen molar-refractivity contribution < 1.29 is 18.7 Å². The van der Waals surface area contributed by atoms with Crippen LogP contribution in [0.25, 0.3) is 10.6 Å². The van der Waals surface area contributed by atoms with Crippen LogP contribution >= 0.6 is 11.3 Å². The highest BCUT2D eigenvalue weighted by Crippen LogP contribution is 2.27. The zero-order valence-corrected chi connectivity index (χ0v) is 18.3. The number of carbonyl (C=O) groups is 2. The summed E-state index contributed by atoms with van der Waals surface area (Å²) in [4.78, 5) is 28.1. The number of carbonyl (C=O) groups excluding carboxylic acids is 2. The van der Waals surface area contributed by atoms with E-state index in [1.807, 2.05) is 20.8 Å². The van der Waals surface area contributed by atoms with E-state index in [-0.39, 0.29) is 24.0 Å². The summed E-state index contributed by atoms with van der Waals surface area (Å²) in [6.07, 6.45) is 0.994. The molecule has 2 heterocycles. The molecular weight excluding hydrogens is 409 g/mol. The fraction of sp³-hybridized carbons (Fsp3) is 0.500. The van der Waals surface area contributed by atoms with Crippen molar-refractivity contribution in [3.63, 3.8) is 0 Å². The van der Waals surface area contributed by atoms with Crippen LogP contribution in [-0.2, 0) is 4.74 Å². The van der Waals surface area contributed by atoms with Gasteiger partial charge >= 0.3 is 12.1 Å².